The summed E-state index contributed by atoms with van der Waals surface area (Å²) < 4.78 is 6.05. The molecule has 84 valence electrons. The first-order valence-corrected chi connectivity index (χ1v) is 5.04. The molecule has 0 aliphatic rings. The summed E-state index contributed by atoms with van der Waals surface area (Å²) in [5, 5.41) is 2.86. The minimum absolute atomic E-state index is 0.0481. The standard InChI is InChI=1S/C10H16N2O3/c1-4-8-7(3)11-12(10(8)14)6-9(13)15-5-2/h11H,4-6H2,1-3H3. The van der Waals surface area contributed by atoms with Crippen LogP contribution in [0, 0.1) is 6.92 Å². The maximum atomic E-state index is 11.7. The minimum Gasteiger partial charge on any atom is -0.465 e. The Balaban J connectivity index is 2.87. The fourth-order valence-corrected chi connectivity index (χ4v) is 1.51. The number of aromatic amines is 1. The highest BCUT2D eigenvalue weighted by atomic mass is 16.5. The first-order chi connectivity index (χ1) is 7.10. The van der Waals surface area contributed by atoms with E-state index in [4.69, 9.17) is 4.74 Å². The molecule has 5 heteroatoms. The molecule has 0 radical (unpaired) electrons. The third kappa shape index (κ3) is 2.49. The summed E-state index contributed by atoms with van der Waals surface area (Å²) in [5.74, 6) is -0.400. The summed E-state index contributed by atoms with van der Waals surface area (Å²) in [6.07, 6.45) is 0.664. The molecule has 0 aliphatic carbocycles. The number of hydrogen-bond acceptors (Lipinski definition) is 3. The largest absolute Gasteiger partial charge is 0.465 e. The van der Waals surface area contributed by atoms with Crippen molar-refractivity contribution in [2.24, 2.45) is 0 Å². The Morgan fingerprint density at radius 3 is 2.60 bits per heavy atom. The van der Waals surface area contributed by atoms with Gasteiger partial charge in [0.15, 0.2) is 0 Å². The normalized spacial score (nSPS) is 10.3. The lowest BCUT2D eigenvalue weighted by atomic mass is 10.2. The Morgan fingerprint density at radius 2 is 2.13 bits per heavy atom. The highest BCUT2D eigenvalue weighted by molar-refractivity contribution is 5.69. The Hall–Kier alpha value is -1.52. The fraction of sp³-hybridized carbons (Fsp3) is 0.600. The number of aryl methyl sites for hydroxylation is 1. The monoisotopic (exact) mass is 212 g/mol. The Morgan fingerprint density at radius 1 is 1.47 bits per heavy atom. The molecule has 0 aliphatic heterocycles. The van der Waals surface area contributed by atoms with Crippen LogP contribution in [-0.2, 0) is 22.5 Å². The van der Waals surface area contributed by atoms with Gasteiger partial charge in [-0.1, -0.05) is 6.92 Å². The predicted molar refractivity (Wildman–Crippen MR) is 55.8 cm³/mol. The van der Waals surface area contributed by atoms with Crippen LogP contribution < -0.4 is 5.56 Å². The smallest absolute Gasteiger partial charge is 0.327 e. The van der Waals surface area contributed by atoms with E-state index in [1.165, 1.54) is 4.68 Å². The number of carbonyl (C=O) groups excluding carboxylic acids is 1. The zero-order valence-electron chi connectivity index (χ0n) is 9.29. The summed E-state index contributed by atoms with van der Waals surface area (Å²) in [7, 11) is 0. The Labute approximate surface area is 88.0 Å². The van der Waals surface area contributed by atoms with E-state index >= 15 is 0 Å². The molecule has 0 fully saturated rings. The van der Waals surface area contributed by atoms with Crippen LogP contribution in [0.5, 0.6) is 0 Å². The van der Waals surface area contributed by atoms with Gasteiger partial charge in [-0.2, -0.15) is 0 Å². The average molecular weight is 212 g/mol. The lowest BCUT2D eigenvalue weighted by Gasteiger charge is -2.01. The van der Waals surface area contributed by atoms with Gasteiger partial charge >= 0.3 is 5.97 Å². The van der Waals surface area contributed by atoms with Crippen LogP contribution in [0.1, 0.15) is 25.1 Å². The highest BCUT2D eigenvalue weighted by Gasteiger charge is 2.11. The molecule has 1 heterocycles. The van der Waals surface area contributed by atoms with E-state index in [0.29, 0.717) is 13.0 Å². The van der Waals surface area contributed by atoms with Crippen LogP contribution in [0.2, 0.25) is 0 Å². The van der Waals surface area contributed by atoms with E-state index in [0.717, 1.165) is 11.3 Å². The van der Waals surface area contributed by atoms with Crippen molar-refractivity contribution >= 4 is 5.97 Å². The molecule has 1 rings (SSSR count). The van der Waals surface area contributed by atoms with Gasteiger partial charge in [-0.15, -0.1) is 0 Å². The van der Waals surface area contributed by atoms with E-state index in [-0.39, 0.29) is 12.1 Å². The number of aromatic nitrogens is 2. The van der Waals surface area contributed by atoms with Gasteiger partial charge in [-0.25, -0.2) is 4.68 Å². The van der Waals surface area contributed by atoms with Gasteiger partial charge in [-0.05, 0) is 20.3 Å². The minimum atomic E-state index is -0.400. The Kier molecular flexibility index (Phi) is 3.71. The molecule has 0 amide bonds. The second-order valence-electron chi connectivity index (χ2n) is 3.27. The maximum Gasteiger partial charge on any atom is 0.327 e. The van der Waals surface area contributed by atoms with Gasteiger partial charge < -0.3 is 4.74 Å². The molecular weight excluding hydrogens is 196 g/mol. The second kappa shape index (κ2) is 4.82. The van der Waals surface area contributed by atoms with Crippen molar-refractivity contribution in [1.29, 1.82) is 0 Å². The van der Waals surface area contributed by atoms with E-state index in [9.17, 15) is 9.59 Å². The molecule has 15 heavy (non-hydrogen) atoms. The number of carbonyl (C=O) groups is 1. The first kappa shape index (κ1) is 11.6. The summed E-state index contributed by atoms with van der Waals surface area (Å²) in [6.45, 7) is 5.74. The zero-order chi connectivity index (χ0) is 11.4. The average Bonchev–Trinajstić information content (AvgIpc) is 2.42. The van der Waals surface area contributed by atoms with Crippen LogP contribution in [0.3, 0.4) is 0 Å². The Bertz CT molecular complexity index is 403. The molecule has 0 unspecified atom stereocenters. The SMILES string of the molecule is CCOC(=O)Cn1[nH]c(C)c(CC)c1=O. The molecule has 1 aromatic heterocycles. The maximum absolute atomic E-state index is 11.7. The lowest BCUT2D eigenvalue weighted by Crippen LogP contribution is -2.24. The topological polar surface area (TPSA) is 64.1 Å². The molecule has 0 saturated carbocycles. The molecule has 0 spiro atoms. The van der Waals surface area contributed by atoms with Crippen LogP contribution in [0.25, 0.3) is 0 Å². The molecule has 0 saturated heterocycles. The molecular formula is C10H16N2O3. The van der Waals surface area contributed by atoms with Crippen molar-refractivity contribution in [3.05, 3.63) is 21.6 Å². The number of rotatable bonds is 4. The van der Waals surface area contributed by atoms with Crippen molar-refractivity contribution in [3.8, 4) is 0 Å². The number of ether oxygens (including phenoxy) is 1. The quantitative estimate of drug-likeness (QED) is 0.744. The number of H-pyrrole nitrogens is 1. The molecule has 5 nitrogen and oxygen atoms in total. The molecule has 1 N–H and O–H groups in total. The lowest BCUT2D eigenvalue weighted by molar-refractivity contribution is -0.144. The van der Waals surface area contributed by atoms with Crippen molar-refractivity contribution in [1.82, 2.24) is 9.78 Å². The van der Waals surface area contributed by atoms with E-state index < -0.39 is 5.97 Å². The first-order valence-electron chi connectivity index (χ1n) is 5.04. The number of hydrogen-bond donors (Lipinski definition) is 1. The fourth-order valence-electron chi connectivity index (χ4n) is 1.51. The van der Waals surface area contributed by atoms with Crippen LogP contribution >= 0.6 is 0 Å². The summed E-state index contributed by atoms with van der Waals surface area (Å²) in [5.41, 5.74) is 1.40. The number of nitrogens with zero attached hydrogens (tertiary/aromatic N) is 1. The van der Waals surface area contributed by atoms with Crippen molar-refractivity contribution in [3.63, 3.8) is 0 Å². The van der Waals surface area contributed by atoms with Gasteiger partial charge in [0.05, 0.1) is 6.61 Å². The molecule has 0 bridgehead atoms. The summed E-state index contributed by atoms with van der Waals surface area (Å²) in [6, 6.07) is 0. The molecule has 1 aromatic rings. The number of nitrogens with one attached hydrogen (secondary N) is 1. The van der Waals surface area contributed by atoms with Crippen molar-refractivity contribution < 1.29 is 9.53 Å². The number of esters is 1. The van der Waals surface area contributed by atoms with Gasteiger partial charge in [-0.3, -0.25) is 14.7 Å². The van der Waals surface area contributed by atoms with Crippen molar-refractivity contribution in [2.75, 3.05) is 6.61 Å². The van der Waals surface area contributed by atoms with Crippen LogP contribution in [0.4, 0.5) is 0 Å². The third-order valence-corrected chi connectivity index (χ3v) is 2.20. The molecule has 0 atom stereocenters. The van der Waals surface area contributed by atoms with E-state index in [1.807, 2.05) is 13.8 Å². The third-order valence-electron chi connectivity index (χ3n) is 2.20. The molecule has 0 aromatic carbocycles. The van der Waals surface area contributed by atoms with E-state index in [1.54, 1.807) is 6.92 Å². The van der Waals surface area contributed by atoms with Crippen LogP contribution in [-0.4, -0.2) is 22.4 Å². The van der Waals surface area contributed by atoms with Gasteiger partial charge in [0, 0.05) is 11.3 Å². The van der Waals surface area contributed by atoms with Gasteiger partial charge in [0.2, 0.25) is 0 Å². The highest BCUT2D eigenvalue weighted by Crippen LogP contribution is 1.99. The van der Waals surface area contributed by atoms with Gasteiger partial charge in [0.25, 0.3) is 5.56 Å². The summed E-state index contributed by atoms with van der Waals surface area (Å²) in [4.78, 5) is 22.9. The van der Waals surface area contributed by atoms with Crippen LogP contribution in [0.15, 0.2) is 4.79 Å². The summed E-state index contributed by atoms with van der Waals surface area (Å²) >= 11 is 0. The van der Waals surface area contributed by atoms with E-state index in [2.05, 4.69) is 5.10 Å². The van der Waals surface area contributed by atoms with Crippen molar-refractivity contribution in [2.45, 2.75) is 33.7 Å². The predicted octanol–water partition coefficient (Wildman–Crippen LogP) is 0.610. The zero-order valence-corrected chi connectivity index (χ0v) is 9.29. The second-order valence-corrected chi connectivity index (χ2v) is 3.27. The van der Waals surface area contributed by atoms with Gasteiger partial charge in [0.1, 0.15) is 6.54 Å².